The Hall–Kier alpha value is -1.77. The Bertz CT molecular complexity index is 510. The van der Waals surface area contributed by atoms with Crippen molar-refractivity contribution < 1.29 is 4.74 Å². The molecular formula is C15H20N2O. The second-order valence-corrected chi connectivity index (χ2v) is 5.56. The molecule has 1 N–H and O–H groups in total. The summed E-state index contributed by atoms with van der Waals surface area (Å²) in [6.45, 7) is 6.63. The van der Waals surface area contributed by atoms with E-state index in [1.165, 1.54) is 11.1 Å². The van der Waals surface area contributed by atoms with Crippen LogP contribution in [0.15, 0.2) is 30.7 Å². The van der Waals surface area contributed by atoms with Crippen LogP contribution in [0.25, 0.3) is 0 Å². The fourth-order valence-corrected chi connectivity index (χ4v) is 1.91. The largest absolute Gasteiger partial charge is 0.497 e. The highest BCUT2D eigenvalue weighted by Crippen LogP contribution is 2.28. The summed E-state index contributed by atoms with van der Waals surface area (Å²) in [7, 11) is 1.71. The lowest BCUT2D eigenvalue weighted by Crippen LogP contribution is -2.11. The highest BCUT2D eigenvalue weighted by Gasteiger charge is 2.15. The number of aromatic amines is 1. The Morgan fingerprint density at radius 1 is 1.22 bits per heavy atom. The van der Waals surface area contributed by atoms with E-state index < -0.39 is 0 Å². The van der Waals surface area contributed by atoms with Crippen LogP contribution in [0.2, 0.25) is 0 Å². The van der Waals surface area contributed by atoms with E-state index >= 15 is 0 Å². The van der Waals surface area contributed by atoms with Crippen LogP contribution in [0.5, 0.6) is 5.75 Å². The van der Waals surface area contributed by atoms with Crippen LogP contribution < -0.4 is 4.74 Å². The first kappa shape index (κ1) is 12.7. The third-order valence-electron chi connectivity index (χ3n) is 3.01. The molecule has 0 amide bonds. The SMILES string of the molecule is COc1cc(Cc2c[nH]cn2)cc(C(C)(C)C)c1. The Kier molecular flexibility index (Phi) is 3.41. The molecular weight excluding hydrogens is 224 g/mol. The highest BCUT2D eigenvalue weighted by atomic mass is 16.5. The predicted molar refractivity (Wildman–Crippen MR) is 73.1 cm³/mol. The molecule has 0 aliphatic rings. The van der Waals surface area contributed by atoms with Gasteiger partial charge in [-0.1, -0.05) is 26.8 Å². The molecule has 0 bridgehead atoms. The molecule has 0 saturated carbocycles. The second kappa shape index (κ2) is 4.84. The van der Waals surface area contributed by atoms with Gasteiger partial charge in [-0.25, -0.2) is 4.98 Å². The van der Waals surface area contributed by atoms with Crippen LogP contribution in [0.3, 0.4) is 0 Å². The maximum absolute atomic E-state index is 5.38. The number of methoxy groups -OCH3 is 1. The van der Waals surface area contributed by atoms with Gasteiger partial charge in [-0.2, -0.15) is 0 Å². The molecule has 0 fully saturated rings. The average molecular weight is 244 g/mol. The summed E-state index contributed by atoms with van der Waals surface area (Å²) in [5.74, 6) is 0.910. The molecule has 0 saturated heterocycles. The molecule has 18 heavy (non-hydrogen) atoms. The van der Waals surface area contributed by atoms with Crippen LogP contribution in [0.4, 0.5) is 0 Å². The number of nitrogens with one attached hydrogen (secondary N) is 1. The summed E-state index contributed by atoms with van der Waals surface area (Å²) in [5, 5.41) is 0. The lowest BCUT2D eigenvalue weighted by Gasteiger charge is -2.21. The van der Waals surface area contributed by atoms with Crippen molar-refractivity contribution in [3.63, 3.8) is 0 Å². The number of ether oxygens (including phenoxy) is 1. The third-order valence-corrected chi connectivity index (χ3v) is 3.01. The Labute approximate surface area is 108 Å². The Morgan fingerprint density at radius 2 is 2.00 bits per heavy atom. The molecule has 1 heterocycles. The van der Waals surface area contributed by atoms with E-state index in [2.05, 4.69) is 48.9 Å². The summed E-state index contributed by atoms with van der Waals surface area (Å²) >= 11 is 0. The van der Waals surface area contributed by atoms with Crippen LogP contribution in [-0.4, -0.2) is 17.1 Å². The first-order valence-corrected chi connectivity index (χ1v) is 6.15. The quantitative estimate of drug-likeness (QED) is 0.899. The number of hydrogen-bond donors (Lipinski definition) is 1. The van der Waals surface area contributed by atoms with Gasteiger partial charge in [-0.3, -0.25) is 0 Å². The van der Waals surface area contributed by atoms with Crippen molar-refractivity contribution in [3.8, 4) is 5.75 Å². The Balaban J connectivity index is 2.35. The van der Waals surface area contributed by atoms with Crippen LogP contribution >= 0.6 is 0 Å². The first-order chi connectivity index (χ1) is 8.49. The Morgan fingerprint density at radius 3 is 2.56 bits per heavy atom. The zero-order valence-electron chi connectivity index (χ0n) is 11.4. The number of nitrogens with zero attached hydrogens (tertiary/aromatic N) is 1. The molecule has 2 rings (SSSR count). The van der Waals surface area contributed by atoms with Gasteiger partial charge in [0.05, 0.1) is 19.1 Å². The van der Waals surface area contributed by atoms with Crippen molar-refractivity contribution in [1.29, 1.82) is 0 Å². The molecule has 0 unspecified atom stereocenters. The fourth-order valence-electron chi connectivity index (χ4n) is 1.91. The van der Waals surface area contributed by atoms with Crippen molar-refractivity contribution >= 4 is 0 Å². The van der Waals surface area contributed by atoms with Gasteiger partial charge < -0.3 is 9.72 Å². The van der Waals surface area contributed by atoms with Gasteiger partial charge >= 0.3 is 0 Å². The monoisotopic (exact) mass is 244 g/mol. The van der Waals surface area contributed by atoms with Gasteiger partial charge in [0.1, 0.15) is 5.75 Å². The number of hydrogen-bond acceptors (Lipinski definition) is 2. The smallest absolute Gasteiger partial charge is 0.119 e. The molecule has 0 aliphatic heterocycles. The molecule has 0 radical (unpaired) electrons. The van der Waals surface area contributed by atoms with Gasteiger partial charge in [-0.15, -0.1) is 0 Å². The van der Waals surface area contributed by atoms with Crippen LogP contribution in [-0.2, 0) is 11.8 Å². The van der Waals surface area contributed by atoms with Crippen molar-refractivity contribution in [2.45, 2.75) is 32.6 Å². The van der Waals surface area contributed by atoms with Crippen LogP contribution in [0.1, 0.15) is 37.6 Å². The zero-order chi connectivity index (χ0) is 13.2. The molecule has 96 valence electrons. The fraction of sp³-hybridized carbons (Fsp3) is 0.400. The molecule has 0 aliphatic carbocycles. The van der Waals surface area contributed by atoms with E-state index in [-0.39, 0.29) is 5.41 Å². The minimum atomic E-state index is 0.120. The van der Waals surface area contributed by atoms with Crippen molar-refractivity contribution in [2.75, 3.05) is 7.11 Å². The third kappa shape index (κ3) is 2.92. The van der Waals surface area contributed by atoms with E-state index in [9.17, 15) is 0 Å². The summed E-state index contributed by atoms with van der Waals surface area (Å²) in [4.78, 5) is 7.24. The molecule has 0 atom stereocenters. The maximum atomic E-state index is 5.38. The lowest BCUT2D eigenvalue weighted by molar-refractivity contribution is 0.412. The van der Waals surface area contributed by atoms with Gasteiger partial charge in [-0.05, 0) is 28.7 Å². The molecule has 1 aromatic carbocycles. The van der Waals surface area contributed by atoms with Crippen molar-refractivity contribution in [1.82, 2.24) is 9.97 Å². The average Bonchev–Trinajstić information content (AvgIpc) is 2.80. The normalized spacial score (nSPS) is 11.6. The number of benzene rings is 1. The van der Waals surface area contributed by atoms with E-state index in [0.717, 1.165) is 17.9 Å². The topological polar surface area (TPSA) is 37.9 Å². The van der Waals surface area contributed by atoms with Crippen molar-refractivity contribution in [3.05, 3.63) is 47.5 Å². The number of aromatic nitrogens is 2. The van der Waals surface area contributed by atoms with Gasteiger partial charge in [0.25, 0.3) is 0 Å². The predicted octanol–water partition coefficient (Wildman–Crippen LogP) is 3.31. The van der Waals surface area contributed by atoms with Gasteiger partial charge in [0.15, 0.2) is 0 Å². The number of H-pyrrole nitrogens is 1. The summed E-state index contributed by atoms with van der Waals surface area (Å²) in [6.07, 6.45) is 4.46. The van der Waals surface area contributed by atoms with Crippen LogP contribution in [0, 0.1) is 0 Å². The zero-order valence-corrected chi connectivity index (χ0v) is 11.4. The summed E-state index contributed by atoms with van der Waals surface area (Å²) in [6, 6.07) is 6.41. The van der Waals surface area contributed by atoms with Gasteiger partial charge in [0.2, 0.25) is 0 Å². The summed E-state index contributed by atoms with van der Waals surface area (Å²) < 4.78 is 5.38. The molecule has 0 spiro atoms. The minimum absolute atomic E-state index is 0.120. The molecule has 3 nitrogen and oxygen atoms in total. The standard InChI is InChI=1S/C15H20N2O/c1-15(2,3)12-5-11(7-14(8-12)18-4)6-13-9-16-10-17-13/h5,7-10H,6H2,1-4H3,(H,16,17). The highest BCUT2D eigenvalue weighted by molar-refractivity contribution is 5.39. The van der Waals surface area contributed by atoms with Gasteiger partial charge in [0, 0.05) is 12.6 Å². The minimum Gasteiger partial charge on any atom is -0.497 e. The summed E-state index contributed by atoms with van der Waals surface area (Å²) in [5.41, 5.74) is 3.68. The van der Waals surface area contributed by atoms with E-state index in [1.54, 1.807) is 13.4 Å². The number of imidazole rings is 1. The van der Waals surface area contributed by atoms with E-state index in [0.29, 0.717) is 0 Å². The number of rotatable bonds is 3. The van der Waals surface area contributed by atoms with E-state index in [1.807, 2.05) is 6.20 Å². The lowest BCUT2D eigenvalue weighted by atomic mass is 9.85. The second-order valence-electron chi connectivity index (χ2n) is 5.56. The molecule has 1 aromatic heterocycles. The van der Waals surface area contributed by atoms with E-state index in [4.69, 9.17) is 4.74 Å². The first-order valence-electron chi connectivity index (χ1n) is 6.15. The molecule has 3 heteroatoms. The molecule has 2 aromatic rings. The van der Waals surface area contributed by atoms with Crippen molar-refractivity contribution in [2.24, 2.45) is 0 Å². The maximum Gasteiger partial charge on any atom is 0.119 e.